The maximum atomic E-state index is 6.74. The van der Waals surface area contributed by atoms with Crippen molar-refractivity contribution in [1.82, 2.24) is 4.57 Å². The van der Waals surface area contributed by atoms with Gasteiger partial charge in [0.15, 0.2) is 0 Å². The molecule has 0 saturated heterocycles. The molecule has 10 aromatic carbocycles. The van der Waals surface area contributed by atoms with Crippen molar-refractivity contribution >= 4 is 101 Å². The molecule has 0 radical (unpaired) electrons. The Balaban J connectivity index is 1.11. The molecule has 2 aliphatic heterocycles. The Morgan fingerprint density at radius 2 is 1.00 bits per heavy atom. The van der Waals surface area contributed by atoms with E-state index in [-0.39, 0.29) is 17.5 Å². The Kier molecular flexibility index (Phi) is 10.4. The number of benzene rings is 10. The second-order valence-corrected chi connectivity index (χ2v) is 24.0. The van der Waals surface area contributed by atoms with Crippen LogP contribution in [0.25, 0.3) is 71.7 Å². The molecule has 374 valence electrons. The van der Waals surface area contributed by atoms with Crippen molar-refractivity contribution in [2.75, 3.05) is 9.80 Å². The minimum absolute atomic E-state index is 0.0797. The first kappa shape index (κ1) is 47.0. The van der Waals surface area contributed by atoms with Crippen LogP contribution in [0.1, 0.15) is 74.9 Å². The third-order valence-corrected chi connectivity index (χ3v) is 16.9. The number of aryl methyl sites for hydroxylation is 4. The van der Waals surface area contributed by atoms with Gasteiger partial charge in [0, 0.05) is 55.5 Å². The quantitative estimate of drug-likeness (QED) is 0.161. The summed E-state index contributed by atoms with van der Waals surface area (Å²) in [4.78, 5) is 5.26. The number of furan rings is 1. The predicted octanol–water partition coefficient (Wildman–Crippen LogP) is 17.9. The van der Waals surface area contributed by atoms with E-state index in [0.29, 0.717) is 0 Å². The van der Waals surface area contributed by atoms with Crippen LogP contribution in [-0.2, 0) is 10.8 Å². The molecule has 0 atom stereocenters. The lowest BCUT2D eigenvalue weighted by Gasteiger charge is -2.46. The standard InChI is InChI=1S/C72H62BN3O/c1-43-21-18-22-44(2)68(43)75-60-31-16-14-27-54(60)57-41-59-63(42-61(57)75)74(52-26-19-25-48(37-52)53-29-20-30-56-55-28-15-17-32-66(55)77-70(53)56)64-39-51(72(8,9)10)40-65-67(64)73(59)58-34-33-50(71(5,6)7)38-62(58)76(65)69-45(3)35-49(36-46(69)4)47-23-12-11-13-24-47/h11-42H,1-10H3. The first-order valence-corrected chi connectivity index (χ1v) is 27.4. The molecule has 0 amide bonds. The highest BCUT2D eigenvalue weighted by Gasteiger charge is 2.45. The van der Waals surface area contributed by atoms with Crippen LogP contribution in [-0.4, -0.2) is 11.3 Å². The number of para-hydroxylation sites is 4. The molecule has 0 N–H and O–H groups in total. The molecular formula is C72H62BN3O. The number of anilines is 6. The van der Waals surface area contributed by atoms with Gasteiger partial charge in [-0.1, -0.05) is 175 Å². The summed E-state index contributed by atoms with van der Waals surface area (Å²) in [7, 11) is 0. The van der Waals surface area contributed by atoms with E-state index < -0.39 is 0 Å². The van der Waals surface area contributed by atoms with Gasteiger partial charge < -0.3 is 18.8 Å². The van der Waals surface area contributed by atoms with Gasteiger partial charge in [-0.2, -0.15) is 0 Å². The molecule has 14 rings (SSSR count). The highest BCUT2D eigenvalue weighted by atomic mass is 16.3. The molecule has 0 fully saturated rings. The topological polar surface area (TPSA) is 24.6 Å². The van der Waals surface area contributed by atoms with Gasteiger partial charge in [0.25, 0.3) is 6.71 Å². The summed E-state index contributed by atoms with van der Waals surface area (Å²) in [6, 6.07) is 73.1. The SMILES string of the molecule is Cc1cc(-c2ccccc2)cc(C)c1N1c2cc(C(C)(C)C)ccc2B2c3cc4c5ccccc5n(-c5c(C)cccc5C)c4cc3N(c3cccc(-c4cccc5c4oc4ccccc45)c3)c3cc(C(C)(C)C)cc1c32. The summed E-state index contributed by atoms with van der Waals surface area (Å²) in [5.41, 5.74) is 28.5. The second-order valence-electron chi connectivity index (χ2n) is 24.0. The number of hydrogen-bond acceptors (Lipinski definition) is 3. The van der Waals surface area contributed by atoms with E-state index in [9.17, 15) is 0 Å². The molecule has 2 aromatic heterocycles. The Morgan fingerprint density at radius 3 is 1.74 bits per heavy atom. The summed E-state index contributed by atoms with van der Waals surface area (Å²) >= 11 is 0. The number of nitrogens with zero attached hydrogens (tertiary/aromatic N) is 3. The van der Waals surface area contributed by atoms with Crippen molar-refractivity contribution in [2.24, 2.45) is 0 Å². The van der Waals surface area contributed by atoms with Gasteiger partial charge >= 0.3 is 0 Å². The summed E-state index contributed by atoms with van der Waals surface area (Å²) in [5, 5.41) is 4.76. The lowest BCUT2D eigenvalue weighted by molar-refractivity contribution is 0.590. The minimum Gasteiger partial charge on any atom is -0.455 e. The number of aromatic nitrogens is 1. The van der Waals surface area contributed by atoms with Gasteiger partial charge in [0.1, 0.15) is 11.2 Å². The van der Waals surface area contributed by atoms with E-state index in [0.717, 1.165) is 38.8 Å². The molecule has 0 bridgehead atoms. The number of hydrogen-bond donors (Lipinski definition) is 0. The Labute approximate surface area is 452 Å². The summed E-state index contributed by atoms with van der Waals surface area (Å²) in [6.07, 6.45) is 0. The van der Waals surface area contributed by atoms with Gasteiger partial charge in [-0.3, -0.25) is 0 Å². The Bertz CT molecular complexity index is 4380. The maximum absolute atomic E-state index is 6.74. The molecule has 2 aliphatic rings. The van der Waals surface area contributed by atoms with Crippen molar-refractivity contribution in [3.8, 4) is 27.9 Å². The van der Waals surface area contributed by atoms with Crippen LogP contribution < -0.4 is 26.2 Å². The van der Waals surface area contributed by atoms with Crippen LogP contribution >= 0.6 is 0 Å². The lowest BCUT2D eigenvalue weighted by atomic mass is 9.33. The van der Waals surface area contributed by atoms with Crippen molar-refractivity contribution in [3.63, 3.8) is 0 Å². The summed E-state index contributed by atoms with van der Waals surface area (Å²) < 4.78 is 9.28. The smallest absolute Gasteiger partial charge is 0.252 e. The van der Waals surface area contributed by atoms with Gasteiger partial charge in [0.2, 0.25) is 0 Å². The molecule has 0 saturated carbocycles. The van der Waals surface area contributed by atoms with E-state index in [2.05, 4.69) is 278 Å². The monoisotopic (exact) mass is 995 g/mol. The average Bonchev–Trinajstić information content (AvgIpc) is 4.16. The van der Waals surface area contributed by atoms with Crippen LogP contribution in [0.2, 0.25) is 0 Å². The summed E-state index contributed by atoms with van der Waals surface area (Å²) in [6.45, 7) is 23.2. The Hall–Kier alpha value is -8.54. The third kappa shape index (κ3) is 7.19. The molecule has 4 heterocycles. The molecule has 5 heteroatoms. The maximum Gasteiger partial charge on any atom is 0.252 e. The van der Waals surface area contributed by atoms with Crippen LogP contribution in [0.4, 0.5) is 34.1 Å². The largest absolute Gasteiger partial charge is 0.455 e. The predicted molar refractivity (Wildman–Crippen MR) is 329 cm³/mol. The third-order valence-electron chi connectivity index (χ3n) is 16.9. The fourth-order valence-corrected chi connectivity index (χ4v) is 13.2. The van der Waals surface area contributed by atoms with Crippen LogP contribution in [0, 0.1) is 27.7 Å². The van der Waals surface area contributed by atoms with Gasteiger partial charge in [-0.25, -0.2) is 0 Å². The van der Waals surface area contributed by atoms with Crippen LogP contribution in [0.5, 0.6) is 0 Å². The van der Waals surface area contributed by atoms with E-state index in [4.69, 9.17) is 4.42 Å². The highest BCUT2D eigenvalue weighted by Crippen LogP contribution is 2.50. The lowest BCUT2D eigenvalue weighted by Crippen LogP contribution is -2.61. The zero-order valence-electron chi connectivity index (χ0n) is 45.8. The Morgan fingerprint density at radius 1 is 0.390 bits per heavy atom. The van der Waals surface area contributed by atoms with Gasteiger partial charge in [-0.05, 0) is 166 Å². The zero-order valence-corrected chi connectivity index (χ0v) is 45.8. The highest BCUT2D eigenvalue weighted by molar-refractivity contribution is 7.00. The number of fused-ring (bicyclic) bond motifs is 10. The van der Waals surface area contributed by atoms with E-state index in [1.165, 1.54) is 117 Å². The normalized spacial score (nSPS) is 13.2. The van der Waals surface area contributed by atoms with Crippen molar-refractivity contribution < 1.29 is 4.42 Å². The van der Waals surface area contributed by atoms with Gasteiger partial charge in [-0.15, -0.1) is 0 Å². The van der Waals surface area contributed by atoms with E-state index >= 15 is 0 Å². The van der Waals surface area contributed by atoms with E-state index in [1.54, 1.807) is 0 Å². The van der Waals surface area contributed by atoms with Crippen molar-refractivity contribution in [1.29, 1.82) is 0 Å². The fourth-order valence-electron chi connectivity index (χ4n) is 13.2. The molecular weight excluding hydrogens is 934 g/mol. The first-order chi connectivity index (χ1) is 37.1. The van der Waals surface area contributed by atoms with Crippen LogP contribution in [0.3, 0.4) is 0 Å². The van der Waals surface area contributed by atoms with E-state index in [1.807, 2.05) is 0 Å². The first-order valence-electron chi connectivity index (χ1n) is 27.4. The van der Waals surface area contributed by atoms with Gasteiger partial charge in [0.05, 0.1) is 22.4 Å². The van der Waals surface area contributed by atoms with Crippen LogP contribution in [0.15, 0.2) is 199 Å². The molecule has 4 nitrogen and oxygen atoms in total. The molecule has 0 unspecified atom stereocenters. The minimum atomic E-state index is -0.190. The zero-order chi connectivity index (χ0) is 52.8. The average molecular weight is 996 g/mol. The molecule has 0 spiro atoms. The van der Waals surface area contributed by atoms with Crippen molar-refractivity contribution in [3.05, 3.63) is 228 Å². The molecule has 77 heavy (non-hydrogen) atoms. The molecule has 0 aliphatic carbocycles. The fraction of sp³-hybridized carbons (Fsp3) is 0.167. The summed E-state index contributed by atoms with van der Waals surface area (Å²) in [5.74, 6) is 0. The molecule has 12 aromatic rings. The number of rotatable bonds is 5. The second kappa shape index (κ2) is 17.0. The van der Waals surface area contributed by atoms with Crippen molar-refractivity contribution in [2.45, 2.75) is 80.1 Å².